The fourth-order valence-electron chi connectivity index (χ4n) is 3.36. The highest BCUT2D eigenvalue weighted by Gasteiger charge is 2.29. The summed E-state index contributed by atoms with van der Waals surface area (Å²) >= 11 is 3.10. The van der Waals surface area contributed by atoms with Gasteiger partial charge >= 0.3 is 0 Å². The highest BCUT2D eigenvalue weighted by molar-refractivity contribution is 7.99. The number of hydrogen-bond donors (Lipinski definition) is 1. The van der Waals surface area contributed by atoms with Crippen molar-refractivity contribution in [2.75, 3.05) is 16.0 Å². The lowest BCUT2D eigenvalue weighted by Gasteiger charge is -2.27. The molecule has 0 bridgehead atoms. The van der Waals surface area contributed by atoms with E-state index in [1.807, 2.05) is 41.8 Å². The molecule has 150 valence electrons. The third-order valence-electron chi connectivity index (χ3n) is 4.71. The zero-order valence-corrected chi connectivity index (χ0v) is 17.6. The molecule has 9 heteroatoms. The maximum absolute atomic E-state index is 13.1. The van der Waals surface area contributed by atoms with Crippen molar-refractivity contribution in [3.8, 4) is 0 Å². The fraction of sp³-hybridized carbons (Fsp3) is 0.300. The summed E-state index contributed by atoms with van der Waals surface area (Å²) in [5.74, 6) is 0.0883. The number of nitrogens with one attached hydrogen (secondary N) is 1. The zero-order chi connectivity index (χ0) is 20.2. The minimum Gasteiger partial charge on any atom is -0.324 e. The maximum atomic E-state index is 13.1. The van der Waals surface area contributed by atoms with E-state index in [0.29, 0.717) is 5.69 Å². The first kappa shape index (κ1) is 19.7. The van der Waals surface area contributed by atoms with Crippen LogP contribution in [0.5, 0.6) is 0 Å². The van der Waals surface area contributed by atoms with Crippen LogP contribution in [0.1, 0.15) is 18.2 Å². The normalized spacial score (nSPS) is 16.2. The van der Waals surface area contributed by atoms with E-state index in [-0.39, 0.29) is 30.0 Å². The average Bonchev–Trinajstić information content (AvgIpc) is 3.35. The van der Waals surface area contributed by atoms with Crippen LogP contribution < -0.4 is 10.2 Å². The van der Waals surface area contributed by atoms with Crippen molar-refractivity contribution in [2.24, 2.45) is 0 Å². The van der Waals surface area contributed by atoms with Gasteiger partial charge in [-0.1, -0.05) is 30.0 Å². The molecule has 1 N–H and O–H groups in total. The summed E-state index contributed by atoms with van der Waals surface area (Å²) in [6.45, 7) is 2.67. The molecular weight excluding hydrogens is 406 g/mol. The third kappa shape index (κ3) is 4.51. The molecule has 1 unspecified atom stereocenters. The van der Waals surface area contributed by atoms with Crippen molar-refractivity contribution < 1.29 is 9.59 Å². The van der Waals surface area contributed by atoms with Crippen LogP contribution in [0.2, 0.25) is 0 Å². The molecule has 0 saturated carbocycles. The Balaban J connectivity index is 1.45. The number of rotatable bonds is 6. The predicted molar refractivity (Wildman–Crippen MR) is 115 cm³/mol. The van der Waals surface area contributed by atoms with Gasteiger partial charge in [0.05, 0.1) is 17.1 Å². The molecule has 0 fully saturated rings. The van der Waals surface area contributed by atoms with Crippen LogP contribution in [0.3, 0.4) is 0 Å². The molecule has 0 radical (unpaired) electrons. The van der Waals surface area contributed by atoms with Crippen molar-refractivity contribution in [2.45, 2.75) is 37.5 Å². The number of carbonyl (C=O) groups is 2. The van der Waals surface area contributed by atoms with Gasteiger partial charge in [-0.3, -0.25) is 9.59 Å². The lowest BCUT2D eigenvalue weighted by molar-refractivity contribution is -0.117. The highest BCUT2D eigenvalue weighted by Crippen LogP contribution is 2.32. The molecule has 2 amide bonds. The highest BCUT2D eigenvalue weighted by atomic mass is 32.2. The number of aryl methyl sites for hydroxylation is 2. The Labute approximate surface area is 177 Å². The molecular formula is C20H21N5O2S2. The fourth-order valence-corrected chi connectivity index (χ4v) is 4.86. The number of para-hydroxylation sites is 2. The van der Waals surface area contributed by atoms with Gasteiger partial charge in [-0.2, -0.15) is 0 Å². The van der Waals surface area contributed by atoms with Crippen LogP contribution in [0.4, 0.5) is 11.4 Å². The lowest BCUT2D eigenvalue weighted by Crippen LogP contribution is -2.40. The summed E-state index contributed by atoms with van der Waals surface area (Å²) in [5.41, 5.74) is 1.40. The van der Waals surface area contributed by atoms with Crippen LogP contribution in [-0.2, 0) is 22.6 Å². The monoisotopic (exact) mass is 427 g/mol. The second kappa shape index (κ2) is 8.79. The summed E-state index contributed by atoms with van der Waals surface area (Å²) in [4.78, 5) is 28.2. The molecule has 1 atom stereocenters. The Morgan fingerprint density at radius 3 is 3.00 bits per heavy atom. The average molecular weight is 428 g/mol. The standard InChI is InChI=1S/C20H21N5O2S2/c1-14-11-18(26)22-16-6-2-3-7-17(16)25(14)19(27)12-29-20-23-21-13-24(20)9-8-15-5-4-10-28-15/h2-7,10,13-14H,8-9,11-12H2,1H3,(H,22,26). The lowest BCUT2D eigenvalue weighted by atomic mass is 10.2. The van der Waals surface area contributed by atoms with Crippen molar-refractivity contribution >= 4 is 46.3 Å². The molecule has 2 aromatic heterocycles. The van der Waals surface area contributed by atoms with E-state index in [1.165, 1.54) is 16.6 Å². The molecule has 1 aliphatic rings. The van der Waals surface area contributed by atoms with Gasteiger partial charge < -0.3 is 14.8 Å². The molecule has 0 saturated heterocycles. The minimum absolute atomic E-state index is 0.0562. The Hall–Kier alpha value is -2.65. The number of aromatic nitrogens is 3. The number of anilines is 2. The predicted octanol–water partition coefficient (Wildman–Crippen LogP) is 3.44. The summed E-state index contributed by atoms with van der Waals surface area (Å²) in [5, 5.41) is 13.8. The number of benzene rings is 1. The Kier molecular flexibility index (Phi) is 5.96. The van der Waals surface area contributed by atoms with Gasteiger partial charge in [0.2, 0.25) is 11.8 Å². The van der Waals surface area contributed by atoms with Crippen LogP contribution in [0, 0.1) is 0 Å². The number of nitrogens with zero attached hydrogens (tertiary/aromatic N) is 4. The number of hydrogen-bond acceptors (Lipinski definition) is 6. The smallest absolute Gasteiger partial charge is 0.237 e. The van der Waals surface area contributed by atoms with Crippen LogP contribution in [0.15, 0.2) is 53.3 Å². The number of fused-ring (bicyclic) bond motifs is 1. The SMILES string of the molecule is CC1CC(=O)Nc2ccccc2N1C(=O)CSc1nncn1CCc1cccs1. The van der Waals surface area contributed by atoms with E-state index < -0.39 is 0 Å². The van der Waals surface area contributed by atoms with Crippen molar-refractivity contribution in [1.82, 2.24) is 14.8 Å². The molecule has 0 aliphatic carbocycles. The van der Waals surface area contributed by atoms with Gasteiger partial charge in [0.15, 0.2) is 5.16 Å². The first-order valence-corrected chi connectivity index (χ1v) is 11.2. The first-order chi connectivity index (χ1) is 14.1. The van der Waals surface area contributed by atoms with E-state index >= 15 is 0 Å². The van der Waals surface area contributed by atoms with Gasteiger partial charge in [0.1, 0.15) is 6.33 Å². The number of thiophene rings is 1. The van der Waals surface area contributed by atoms with Crippen LogP contribution >= 0.6 is 23.1 Å². The Morgan fingerprint density at radius 2 is 2.17 bits per heavy atom. The summed E-state index contributed by atoms with van der Waals surface area (Å²) in [6.07, 6.45) is 2.87. The minimum atomic E-state index is -0.219. The second-order valence-corrected chi connectivity index (χ2v) is 8.78. The van der Waals surface area contributed by atoms with E-state index in [1.54, 1.807) is 22.6 Å². The van der Waals surface area contributed by atoms with E-state index in [2.05, 4.69) is 27.0 Å². The maximum Gasteiger partial charge on any atom is 0.237 e. The quantitative estimate of drug-likeness (QED) is 0.610. The first-order valence-electron chi connectivity index (χ1n) is 9.36. The molecule has 4 rings (SSSR count). The summed E-state index contributed by atoms with van der Waals surface area (Å²) in [7, 11) is 0. The van der Waals surface area contributed by atoms with E-state index in [4.69, 9.17) is 0 Å². The Morgan fingerprint density at radius 1 is 1.31 bits per heavy atom. The zero-order valence-electron chi connectivity index (χ0n) is 15.9. The summed E-state index contributed by atoms with van der Waals surface area (Å²) in [6, 6.07) is 11.3. The number of amides is 2. The van der Waals surface area contributed by atoms with Crippen LogP contribution in [-0.4, -0.2) is 38.4 Å². The molecule has 1 aromatic carbocycles. The van der Waals surface area contributed by atoms with Crippen molar-refractivity contribution in [3.05, 3.63) is 53.0 Å². The largest absolute Gasteiger partial charge is 0.324 e. The van der Waals surface area contributed by atoms with Crippen LogP contribution in [0.25, 0.3) is 0 Å². The van der Waals surface area contributed by atoms with Gasteiger partial charge in [0.25, 0.3) is 0 Å². The number of thioether (sulfide) groups is 1. The molecule has 29 heavy (non-hydrogen) atoms. The third-order valence-corrected chi connectivity index (χ3v) is 6.61. The van der Waals surface area contributed by atoms with Gasteiger partial charge in [0, 0.05) is 23.9 Å². The summed E-state index contributed by atoms with van der Waals surface area (Å²) < 4.78 is 1.97. The molecule has 0 spiro atoms. The van der Waals surface area contributed by atoms with Gasteiger partial charge in [-0.15, -0.1) is 21.5 Å². The Bertz CT molecular complexity index is 1000. The van der Waals surface area contributed by atoms with E-state index in [9.17, 15) is 9.59 Å². The molecule has 3 heterocycles. The molecule has 1 aliphatic heterocycles. The van der Waals surface area contributed by atoms with Crippen molar-refractivity contribution in [1.29, 1.82) is 0 Å². The second-order valence-electron chi connectivity index (χ2n) is 6.81. The van der Waals surface area contributed by atoms with Gasteiger partial charge in [-0.25, -0.2) is 0 Å². The topological polar surface area (TPSA) is 80.1 Å². The van der Waals surface area contributed by atoms with Crippen molar-refractivity contribution in [3.63, 3.8) is 0 Å². The number of carbonyl (C=O) groups excluding carboxylic acids is 2. The molecule has 7 nitrogen and oxygen atoms in total. The van der Waals surface area contributed by atoms with Gasteiger partial charge in [-0.05, 0) is 36.9 Å². The molecule has 3 aromatic rings. The van der Waals surface area contributed by atoms with E-state index in [0.717, 1.165) is 23.8 Å².